The van der Waals surface area contributed by atoms with Crippen molar-refractivity contribution in [2.75, 3.05) is 19.6 Å². The summed E-state index contributed by atoms with van der Waals surface area (Å²) in [6, 6.07) is -0.425. The molecule has 1 heterocycles. The molecular weight excluding hydrogens is 233 g/mol. The maximum absolute atomic E-state index is 12.4. The van der Waals surface area contributed by atoms with E-state index in [-0.39, 0.29) is 11.8 Å². The molecule has 1 aliphatic heterocycles. The summed E-state index contributed by atoms with van der Waals surface area (Å²) in [5.74, 6) is -0.696. The second-order valence-electron chi connectivity index (χ2n) is 4.72. The Bertz CT molecular complexity index is 260. The van der Waals surface area contributed by atoms with E-state index in [1.165, 1.54) is 0 Å². The Kier molecular flexibility index (Phi) is 4.80. The van der Waals surface area contributed by atoms with Gasteiger partial charge in [-0.3, -0.25) is 4.79 Å². The van der Waals surface area contributed by atoms with Gasteiger partial charge in [-0.1, -0.05) is 0 Å². The Morgan fingerprint density at radius 2 is 2.12 bits per heavy atom. The van der Waals surface area contributed by atoms with Crippen LogP contribution in [0.4, 0.5) is 13.2 Å². The maximum atomic E-state index is 12.4. The number of nitrogens with one attached hydrogen (secondary N) is 1. The van der Waals surface area contributed by atoms with Crippen LogP contribution < -0.4 is 5.32 Å². The van der Waals surface area contributed by atoms with E-state index < -0.39 is 18.8 Å². The quantitative estimate of drug-likeness (QED) is 0.830. The van der Waals surface area contributed by atoms with Crippen molar-refractivity contribution in [3.8, 4) is 0 Å². The van der Waals surface area contributed by atoms with Gasteiger partial charge in [0.05, 0.1) is 5.92 Å². The summed E-state index contributed by atoms with van der Waals surface area (Å²) in [7, 11) is 0. The number of hydrogen-bond acceptors (Lipinski definition) is 2. The second-order valence-corrected chi connectivity index (χ2v) is 4.72. The average Bonchev–Trinajstić information content (AvgIpc) is 2.25. The van der Waals surface area contributed by atoms with Gasteiger partial charge in [0.1, 0.15) is 6.54 Å². The summed E-state index contributed by atoms with van der Waals surface area (Å²) in [4.78, 5) is 12.9. The first-order valence-electron chi connectivity index (χ1n) is 5.89. The highest BCUT2D eigenvalue weighted by molar-refractivity contribution is 5.79. The number of halogens is 3. The molecule has 1 atom stereocenters. The van der Waals surface area contributed by atoms with Gasteiger partial charge in [-0.25, -0.2) is 0 Å². The number of amides is 1. The van der Waals surface area contributed by atoms with Gasteiger partial charge >= 0.3 is 6.18 Å². The van der Waals surface area contributed by atoms with Crippen LogP contribution in [0.5, 0.6) is 0 Å². The highest BCUT2D eigenvalue weighted by Gasteiger charge is 2.36. The van der Waals surface area contributed by atoms with Crippen LogP contribution in [0.15, 0.2) is 0 Å². The van der Waals surface area contributed by atoms with Gasteiger partial charge in [-0.05, 0) is 33.2 Å². The molecule has 0 aromatic carbocycles. The van der Waals surface area contributed by atoms with Crippen LogP contribution in [0.25, 0.3) is 0 Å². The standard InChI is InChI=1S/C11H19F3N2O/c1-8(2)16(7-11(12,13)14)10(17)9-4-3-5-15-6-9/h8-9,15H,3-7H2,1-2H3/t9-/m0/s1. The SMILES string of the molecule is CC(C)N(CC(F)(F)F)C(=O)[C@H]1CCCNC1. The lowest BCUT2D eigenvalue weighted by molar-refractivity contribution is -0.167. The molecule has 1 N–H and O–H groups in total. The monoisotopic (exact) mass is 252 g/mol. The van der Waals surface area contributed by atoms with Crippen LogP contribution in [0.3, 0.4) is 0 Å². The van der Waals surface area contributed by atoms with Crippen molar-refractivity contribution < 1.29 is 18.0 Å². The summed E-state index contributed by atoms with van der Waals surface area (Å²) in [5, 5.41) is 3.04. The Labute approximate surface area is 99.4 Å². The molecule has 0 spiro atoms. The van der Waals surface area contributed by atoms with Crippen LogP contribution in [0, 0.1) is 5.92 Å². The molecule has 0 aromatic heterocycles. The highest BCUT2D eigenvalue weighted by atomic mass is 19.4. The van der Waals surface area contributed by atoms with E-state index in [9.17, 15) is 18.0 Å². The molecule has 1 aliphatic rings. The molecule has 3 nitrogen and oxygen atoms in total. The van der Waals surface area contributed by atoms with Gasteiger partial charge < -0.3 is 10.2 Å². The lowest BCUT2D eigenvalue weighted by atomic mass is 9.97. The smallest absolute Gasteiger partial charge is 0.331 e. The van der Waals surface area contributed by atoms with Crippen LogP contribution in [0.2, 0.25) is 0 Å². The zero-order valence-electron chi connectivity index (χ0n) is 10.2. The van der Waals surface area contributed by atoms with Crippen molar-refractivity contribution >= 4 is 5.91 Å². The van der Waals surface area contributed by atoms with Gasteiger partial charge in [0, 0.05) is 12.6 Å². The molecule has 1 fully saturated rings. The number of rotatable bonds is 3. The van der Waals surface area contributed by atoms with E-state index in [1.807, 2.05) is 0 Å². The van der Waals surface area contributed by atoms with Crippen molar-refractivity contribution in [2.45, 2.75) is 38.9 Å². The Hall–Kier alpha value is -0.780. The normalized spacial score (nSPS) is 21.6. The summed E-state index contributed by atoms with van der Waals surface area (Å²) >= 11 is 0. The number of carbonyl (C=O) groups is 1. The van der Waals surface area contributed by atoms with E-state index in [0.717, 1.165) is 17.9 Å². The van der Waals surface area contributed by atoms with Gasteiger partial charge in [0.25, 0.3) is 0 Å². The predicted octanol–water partition coefficient (Wildman–Crippen LogP) is 1.79. The lowest BCUT2D eigenvalue weighted by Gasteiger charge is -2.32. The molecule has 17 heavy (non-hydrogen) atoms. The van der Waals surface area contributed by atoms with Crippen molar-refractivity contribution in [1.29, 1.82) is 0 Å². The van der Waals surface area contributed by atoms with Crippen LogP contribution in [0.1, 0.15) is 26.7 Å². The molecule has 6 heteroatoms. The summed E-state index contributed by atoms with van der Waals surface area (Å²) in [6.07, 6.45) is -2.82. The first-order valence-corrected chi connectivity index (χ1v) is 5.89. The van der Waals surface area contributed by atoms with E-state index in [2.05, 4.69) is 5.32 Å². The Morgan fingerprint density at radius 1 is 1.47 bits per heavy atom. The minimum atomic E-state index is -4.33. The first kappa shape index (κ1) is 14.3. The van der Waals surface area contributed by atoms with Gasteiger partial charge in [-0.2, -0.15) is 13.2 Å². The molecule has 100 valence electrons. The summed E-state index contributed by atoms with van der Waals surface area (Å²) in [5.41, 5.74) is 0. The van der Waals surface area contributed by atoms with E-state index in [0.29, 0.717) is 13.0 Å². The molecule has 0 radical (unpaired) electrons. The molecule has 0 saturated carbocycles. The molecule has 1 rings (SSSR count). The van der Waals surface area contributed by atoms with Gasteiger partial charge in [0.2, 0.25) is 5.91 Å². The third kappa shape index (κ3) is 4.53. The van der Waals surface area contributed by atoms with E-state index >= 15 is 0 Å². The molecule has 0 aromatic rings. The minimum Gasteiger partial charge on any atom is -0.331 e. The molecule has 0 aliphatic carbocycles. The van der Waals surface area contributed by atoms with Crippen molar-refractivity contribution in [2.24, 2.45) is 5.92 Å². The van der Waals surface area contributed by atoms with Crippen molar-refractivity contribution in [3.05, 3.63) is 0 Å². The first-order chi connectivity index (χ1) is 7.81. The maximum Gasteiger partial charge on any atom is 0.406 e. The third-order valence-corrected chi connectivity index (χ3v) is 2.90. The molecule has 1 amide bonds. The zero-order valence-corrected chi connectivity index (χ0v) is 10.2. The fourth-order valence-corrected chi connectivity index (χ4v) is 2.01. The predicted molar refractivity (Wildman–Crippen MR) is 58.5 cm³/mol. The summed E-state index contributed by atoms with van der Waals surface area (Å²) < 4.78 is 37.2. The molecule has 0 bridgehead atoms. The van der Waals surface area contributed by atoms with Gasteiger partial charge in [0.15, 0.2) is 0 Å². The fraction of sp³-hybridized carbons (Fsp3) is 0.909. The van der Waals surface area contributed by atoms with E-state index in [4.69, 9.17) is 0 Å². The number of nitrogens with zero attached hydrogens (tertiary/aromatic N) is 1. The third-order valence-electron chi connectivity index (χ3n) is 2.90. The average molecular weight is 252 g/mol. The number of piperidine rings is 1. The van der Waals surface area contributed by atoms with Crippen molar-refractivity contribution in [1.82, 2.24) is 10.2 Å². The van der Waals surface area contributed by atoms with Crippen LogP contribution >= 0.6 is 0 Å². The molecule has 1 saturated heterocycles. The fourth-order valence-electron chi connectivity index (χ4n) is 2.01. The van der Waals surface area contributed by atoms with Gasteiger partial charge in [-0.15, -0.1) is 0 Å². The highest BCUT2D eigenvalue weighted by Crippen LogP contribution is 2.21. The Morgan fingerprint density at radius 3 is 2.53 bits per heavy atom. The largest absolute Gasteiger partial charge is 0.406 e. The zero-order chi connectivity index (χ0) is 13.1. The van der Waals surface area contributed by atoms with Crippen LogP contribution in [-0.4, -0.2) is 42.7 Å². The second kappa shape index (κ2) is 5.71. The molecule has 0 unspecified atom stereocenters. The Balaban J connectivity index is 2.66. The summed E-state index contributed by atoms with van der Waals surface area (Å²) in [6.45, 7) is 3.39. The van der Waals surface area contributed by atoms with E-state index in [1.54, 1.807) is 13.8 Å². The van der Waals surface area contributed by atoms with Crippen molar-refractivity contribution in [3.63, 3.8) is 0 Å². The lowest BCUT2D eigenvalue weighted by Crippen LogP contribution is -2.49. The number of carbonyl (C=O) groups excluding carboxylic acids is 1. The van der Waals surface area contributed by atoms with Crippen LogP contribution in [-0.2, 0) is 4.79 Å². The molecular formula is C11H19F3N2O. The minimum absolute atomic E-state index is 0.312. The topological polar surface area (TPSA) is 32.3 Å². The number of hydrogen-bond donors (Lipinski definition) is 1. The number of alkyl halides is 3.